The molecule has 5 nitrogen and oxygen atoms in total. The molecule has 25 heavy (non-hydrogen) atoms. The monoisotopic (exact) mass is 338 g/mol. The van der Waals surface area contributed by atoms with Crippen LogP contribution in [0.1, 0.15) is 18.1 Å². The SMILES string of the molecule is CC(=O)Nc1ccc(C)c(NCc2cnn(-c3ccc(F)cc3)c2)c1. The van der Waals surface area contributed by atoms with Gasteiger partial charge >= 0.3 is 0 Å². The van der Waals surface area contributed by atoms with Gasteiger partial charge in [-0.15, -0.1) is 0 Å². The van der Waals surface area contributed by atoms with Crippen LogP contribution in [0.25, 0.3) is 5.69 Å². The number of nitrogens with zero attached hydrogens (tertiary/aromatic N) is 2. The molecule has 0 unspecified atom stereocenters. The van der Waals surface area contributed by atoms with E-state index in [1.807, 2.05) is 31.3 Å². The summed E-state index contributed by atoms with van der Waals surface area (Å²) in [5.74, 6) is -0.372. The summed E-state index contributed by atoms with van der Waals surface area (Å²) < 4.78 is 14.7. The van der Waals surface area contributed by atoms with E-state index in [1.54, 1.807) is 23.0 Å². The summed E-state index contributed by atoms with van der Waals surface area (Å²) in [6.45, 7) is 4.07. The number of rotatable bonds is 5. The molecule has 1 amide bonds. The van der Waals surface area contributed by atoms with Gasteiger partial charge in [0, 0.05) is 36.6 Å². The van der Waals surface area contributed by atoms with Gasteiger partial charge in [-0.2, -0.15) is 5.10 Å². The second-order valence-corrected chi connectivity index (χ2v) is 5.83. The fourth-order valence-corrected chi connectivity index (χ4v) is 2.48. The average molecular weight is 338 g/mol. The normalized spacial score (nSPS) is 10.5. The van der Waals surface area contributed by atoms with Gasteiger partial charge in [0.1, 0.15) is 5.82 Å². The van der Waals surface area contributed by atoms with Crippen molar-refractivity contribution in [3.8, 4) is 5.69 Å². The fraction of sp³-hybridized carbons (Fsp3) is 0.158. The van der Waals surface area contributed by atoms with E-state index in [-0.39, 0.29) is 11.7 Å². The van der Waals surface area contributed by atoms with E-state index in [2.05, 4.69) is 15.7 Å². The molecule has 0 aliphatic heterocycles. The smallest absolute Gasteiger partial charge is 0.221 e. The Morgan fingerprint density at radius 2 is 1.96 bits per heavy atom. The van der Waals surface area contributed by atoms with Crippen molar-refractivity contribution in [1.29, 1.82) is 0 Å². The summed E-state index contributed by atoms with van der Waals surface area (Å²) in [6.07, 6.45) is 3.66. The van der Waals surface area contributed by atoms with Crippen molar-refractivity contribution < 1.29 is 9.18 Å². The van der Waals surface area contributed by atoms with Crippen molar-refractivity contribution in [2.75, 3.05) is 10.6 Å². The Hall–Kier alpha value is -3.15. The minimum absolute atomic E-state index is 0.102. The van der Waals surface area contributed by atoms with Crippen molar-refractivity contribution in [3.05, 3.63) is 71.8 Å². The molecule has 0 bridgehead atoms. The van der Waals surface area contributed by atoms with Gasteiger partial charge < -0.3 is 10.6 Å². The third-order valence-corrected chi connectivity index (χ3v) is 3.77. The summed E-state index contributed by atoms with van der Waals surface area (Å²) in [4.78, 5) is 11.2. The summed E-state index contributed by atoms with van der Waals surface area (Å²) in [5, 5.41) is 10.4. The Balaban J connectivity index is 1.70. The van der Waals surface area contributed by atoms with Gasteiger partial charge in [0.05, 0.1) is 11.9 Å². The first kappa shape index (κ1) is 16.7. The van der Waals surface area contributed by atoms with E-state index >= 15 is 0 Å². The molecule has 1 heterocycles. The first-order valence-electron chi connectivity index (χ1n) is 7.93. The first-order chi connectivity index (χ1) is 12.0. The molecule has 0 spiro atoms. The molecule has 0 fully saturated rings. The van der Waals surface area contributed by atoms with Crippen molar-refractivity contribution in [2.24, 2.45) is 0 Å². The number of aromatic nitrogens is 2. The van der Waals surface area contributed by atoms with Crippen molar-refractivity contribution in [1.82, 2.24) is 9.78 Å². The minimum atomic E-state index is -0.271. The van der Waals surface area contributed by atoms with Crippen LogP contribution in [0, 0.1) is 12.7 Å². The third-order valence-electron chi connectivity index (χ3n) is 3.77. The number of hydrogen-bond donors (Lipinski definition) is 2. The average Bonchev–Trinajstić information content (AvgIpc) is 3.04. The van der Waals surface area contributed by atoms with Gasteiger partial charge in [0.15, 0.2) is 0 Å². The maximum atomic E-state index is 13.0. The van der Waals surface area contributed by atoms with E-state index < -0.39 is 0 Å². The number of amides is 1. The van der Waals surface area contributed by atoms with Crippen molar-refractivity contribution in [3.63, 3.8) is 0 Å². The summed E-state index contributed by atoms with van der Waals surface area (Å²) in [6, 6.07) is 11.9. The molecule has 3 rings (SSSR count). The van der Waals surface area contributed by atoms with Gasteiger partial charge in [-0.05, 0) is 48.9 Å². The maximum Gasteiger partial charge on any atom is 0.221 e. The first-order valence-corrected chi connectivity index (χ1v) is 7.93. The zero-order valence-electron chi connectivity index (χ0n) is 14.1. The molecule has 128 valence electrons. The molecule has 0 aliphatic carbocycles. The van der Waals surface area contributed by atoms with Gasteiger partial charge in [0.25, 0.3) is 0 Å². The molecule has 3 aromatic rings. The second-order valence-electron chi connectivity index (χ2n) is 5.83. The van der Waals surface area contributed by atoms with E-state index in [4.69, 9.17) is 0 Å². The molecule has 6 heteroatoms. The Morgan fingerprint density at radius 1 is 1.20 bits per heavy atom. The highest BCUT2D eigenvalue weighted by Gasteiger charge is 2.05. The third kappa shape index (κ3) is 4.23. The minimum Gasteiger partial charge on any atom is -0.381 e. The van der Waals surface area contributed by atoms with Gasteiger partial charge in [0.2, 0.25) is 5.91 Å². The lowest BCUT2D eigenvalue weighted by Gasteiger charge is -2.11. The van der Waals surface area contributed by atoms with Gasteiger partial charge in [-0.3, -0.25) is 4.79 Å². The molecule has 0 saturated carbocycles. The highest BCUT2D eigenvalue weighted by molar-refractivity contribution is 5.89. The lowest BCUT2D eigenvalue weighted by molar-refractivity contribution is -0.114. The summed E-state index contributed by atoms with van der Waals surface area (Å²) >= 11 is 0. The number of benzene rings is 2. The van der Waals surface area contributed by atoms with Gasteiger partial charge in [-0.25, -0.2) is 9.07 Å². The number of carbonyl (C=O) groups excluding carboxylic acids is 1. The van der Waals surface area contributed by atoms with Gasteiger partial charge in [-0.1, -0.05) is 6.07 Å². The van der Waals surface area contributed by atoms with Crippen LogP contribution in [0.15, 0.2) is 54.9 Å². The highest BCUT2D eigenvalue weighted by Crippen LogP contribution is 2.21. The van der Waals surface area contributed by atoms with Crippen LogP contribution in [0.2, 0.25) is 0 Å². The molecule has 0 atom stereocenters. The molecule has 2 aromatic carbocycles. The second kappa shape index (κ2) is 7.17. The Bertz CT molecular complexity index is 887. The lowest BCUT2D eigenvalue weighted by atomic mass is 10.1. The maximum absolute atomic E-state index is 13.0. The zero-order valence-corrected chi connectivity index (χ0v) is 14.1. The predicted octanol–water partition coefficient (Wildman–Crippen LogP) is 3.89. The predicted molar refractivity (Wildman–Crippen MR) is 96.3 cm³/mol. The van der Waals surface area contributed by atoms with E-state index in [0.717, 1.165) is 28.2 Å². The van der Waals surface area contributed by atoms with Crippen molar-refractivity contribution in [2.45, 2.75) is 20.4 Å². The van der Waals surface area contributed by atoms with Crippen molar-refractivity contribution >= 4 is 17.3 Å². The topological polar surface area (TPSA) is 59.0 Å². The summed E-state index contributed by atoms with van der Waals surface area (Å²) in [5.41, 5.74) is 4.58. The summed E-state index contributed by atoms with van der Waals surface area (Å²) in [7, 11) is 0. The Morgan fingerprint density at radius 3 is 2.68 bits per heavy atom. The van der Waals surface area contributed by atoms with E-state index in [9.17, 15) is 9.18 Å². The van der Waals surface area contributed by atoms with Crippen LogP contribution in [0.3, 0.4) is 0 Å². The molecule has 1 aromatic heterocycles. The Labute approximate surface area is 145 Å². The Kier molecular flexibility index (Phi) is 4.79. The zero-order chi connectivity index (χ0) is 17.8. The highest BCUT2D eigenvalue weighted by atomic mass is 19.1. The standard InChI is InChI=1S/C19H19FN4O/c1-13-3-6-17(23-14(2)25)9-19(13)21-10-15-11-22-24(12-15)18-7-4-16(20)5-8-18/h3-9,11-12,21H,10H2,1-2H3,(H,23,25). The number of halogens is 1. The van der Waals surface area contributed by atoms with E-state index in [1.165, 1.54) is 19.1 Å². The van der Waals surface area contributed by atoms with E-state index in [0.29, 0.717) is 6.54 Å². The molecule has 0 aliphatic rings. The molecular formula is C19H19FN4O. The number of aryl methyl sites for hydroxylation is 1. The number of nitrogens with one attached hydrogen (secondary N) is 2. The largest absolute Gasteiger partial charge is 0.381 e. The number of carbonyl (C=O) groups is 1. The van der Waals surface area contributed by atoms with Crippen LogP contribution in [-0.4, -0.2) is 15.7 Å². The quantitative estimate of drug-likeness (QED) is 0.742. The van der Waals surface area contributed by atoms with Crippen LogP contribution in [0.4, 0.5) is 15.8 Å². The van der Waals surface area contributed by atoms with Crippen LogP contribution >= 0.6 is 0 Å². The van der Waals surface area contributed by atoms with Crippen LogP contribution in [0.5, 0.6) is 0 Å². The molecular weight excluding hydrogens is 319 g/mol. The van der Waals surface area contributed by atoms with Crippen LogP contribution < -0.4 is 10.6 Å². The lowest BCUT2D eigenvalue weighted by Crippen LogP contribution is -2.07. The fourth-order valence-electron chi connectivity index (χ4n) is 2.48. The molecule has 0 saturated heterocycles. The number of hydrogen-bond acceptors (Lipinski definition) is 3. The van der Waals surface area contributed by atoms with Crippen LogP contribution in [-0.2, 0) is 11.3 Å². The molecule has 0 radical (unpaired) electrons. The molecule has 2 N–H and O–H groups in total. The number of anilines is 2.